The highest BCUT2D eigenvalue weighted by molar-refractivity contribution is 6.07. The van der Waals surface area contributed by atoms with Crippen LogP contribution in [0.3, 0.4) is 0 Å². The third-order valence-corrected chi connectivity index (χ3v) is 7.15. The maximum Gasteiger partial charge on any atom is 0.335 e. The summed E-state index contributed by atoms with van der Waals surface area (Å²) in [4.78, 5) is 42.6. The summed E-state index contributed by atoms with van der Waals surface area (Å²) in [5.74, 6) is -1.39. The maximum atomic E-state index is 14.0. The molecule has 0 saturated carbocycles. The topological polar surface area (TPSA) is 90.0 Å². The summed E-state index contributed by atoms with van der Waals surface area (Å²) in [6.07, 6.45) is 0.148. The van der Waals surface area contributed by atoms with Crippen LogP contribution < -0.4 is 10.2 Å². The molecule has 2 N–H and O–H groups in total. The van der Waals surface area contributed by atoms with Crippen molar-refractivity contribution in [3.8, 4) is 0 Å². The Morgan fingerprint density at radius 1 is 0.944 bits per heavy atom. The van der Waals surface area contributed by atoms with Crippen molar-refractivity contribution in [3.63, 3.8) is 0 Å². The molecule has 0 fully saturated rings. The fraction of sp³-hybridized carbons (Fsp3) is 0.207. The molecule has 7 nitrogen and oxygen atoms in total. The van der Waals surface area contributed by atoms with Crippen LogP contribution in [0.2, 0.25) is 0 Å². The number of carboxylic acids is 1. The molecule has 0 radical (unpaired) electrons. The summed E-state index contributed by atoms with van der Waals surface area (Å²) in [6, 6.07) is 22.7. The van der Waals surface area contributed by atoms with Crippen LogP contribution in [0.5, 0.6) is 0 Å². The minimum Gasteiger partial charge on any atom is -0.478 e. The standard InChI is InChI=1S/C29H27N3O4/c1-29(2)26-24(27(34)31(29)3)25(19-13-15-20(16-14-19)28(35)36)32(22-12-8-7-11-21(22)30-26)23(33)17-18-9-5-4-6-10-18/h4-16,25,30H,17H2,1-3H3,(H,35,36). The molecule has 0 aliphatic carbocycles. The minimum absolute atomic E-state index is 0.137. The predicted molar refractivity (Wildman–Crippen MR) is 138 cm³/mol. The van der Waals surface area contributed by atoms with Gasteiger partial charge in [-0.15, -0.1) is 0 Å². The van der Waals surface area contributed by atoms with E-state index in [1.165, 1.54) is 12.1 Å². The van der Waals surface area contributed by atoms with Crippen LogP contribution in [-0.4, -0.2) is 40.4 Å². The van der Waals surface area contributed by atoms with Gasteiger partial charge in [0.15, 0.2) is 0 Å². The van der Waals surface area contributed by atoms with E-state index in [0.29, 0.717) is 16.8 Å². The molecule has 0 saturated heterocycles. The minimum atomic E-state index is -1.04. The SMILES string of the molecule is CN1C(=O)C2=C(Nc3ccccc3N(C(=O)Cc3ccccc3)C2c2ccc(C(=O)O)cc2)C1(C)C. The first-order valence-corrected chi connectivity index (χ1v) is 11.8. The molecule has 0 aromatic heterocycles. The maximum absolute atomic E-state index is 14.0. The molecule has 182 valence electrons. The van der Waals surface area contributed by atoms with E-state index in [0.717, 1.165) is 16.9 Å². The summed E-state index contributed by atoms with van der Waals surface area (Å²) < 4.78 is 0. The van der Waals surface area contributed by atoms with Crippen molar-refractivity contribution >= 4 is 29.2 Å². The second-order valence-corrected chi connectivity index (χ2v) is 9.61. The van der Waals surface area contributed by atoms with Crippen LogP contribution in [0.15, 0.2) is 90.1 Å². The second kappa shape index (κ2) is 8.68. The Hall–Kier alpha value is -4.39. The van der Waals surface area contributed by atoms with Crippen molar-refractivity contribution in [3.05, 3.63) is 107 Å². The molecular formula is C29H27N3O4. The number of nitrogens with one attached hydrogen (secondary N) is 1. The third kappa shape index (κ3) is 3.73. The van der Waals surface area contributed by atoms with Crippen LogP contribution in [0.25, 0.3) is 0 Å². The van der Waals surface area contributed by atoms with Crippen molar-refractivity contribution in [1.29, 1.82) is 0 Å². The quantitative estimate of drug-likeness (QED) is 0.567. The van der Waals surface area contributed by atoms with Crippen molar-refractivity contribution in [1.82, 2.24) is 4.90 Å². The Balaban J connectivity index is 1.74. The van der Waals surface area contributed by atoms with Crippen LogP contribution >= 0.6 is 0 Å². The van der Waals surface area contributed by atoms with E-state index in [-0.39, 0.29) is 23.8 Å². The average Bonchev–Trinajstić information content (AvgIpc) is 2.99. The van der Waals surface area contributed by atoms with Gasteiger partial charge < -0.3 is 15.3 Å². The Kier molecular flexibility index (Phi) is 5.63. The van der Waals surface area contributed by atoms with Gasteiger partial charge in [0, 0.05) is 7.05 Å². The second-order valence-electron chi connectivity index (χ2n) is 9.61. The zero-order valence-electron chi connectivity index (χ0n) is 20.4. The number of carboxylic acid groups (broad SMARTS) is 1. The lowest BCUT2D eigenvalue weighted by atomic mass is 9.91. The van der Waals surface area contributed by atoms with Crippen molar-refractivity contribution < 1.29 is 19.5 Å². The molecule has 3 aromatic carbocycles. The van der Waals surface area contributed by atoms with Gasteiger partial charge in [-0.25, -0.2) is 4.79 Å². The number of aromatic carboxylic acids is 1. The summed E-state index contributed by atoms with van der Waals surface area (Å²) in [7, 11) is 1.76. The van der Waals surface area contributed by atoms with E-state index in [1.807, 2.05) is 68.4 Å². The number of likely N-dealkylation sites (N-methyl/N-ethyl adjacent to an activating group) is 1. The molecule has 5 rings (SSSR count). The number of fused-ring (bicyclic) bond motifs is 1. The zero-order valence-corrected chi connectivity index (χ0v) is 20.4. The number of para-hydroxylation sites is 2. The van der Waals surface area contributed by atoms with E-state index in [2.05, 4.69) is 5.32 Å². The fourth-order valence-electron chi connectivity index (χ4n) is 4.96. The molecule has 1 unspecified atom stereocenters. The molecule has 2 heterocycles. The first kappa shape index (κ1) is 23.4. The molecule has 7 heteroatoms. The Morgan fingerprint density at radius 3 is 2.25 bits per heavy atom. The molecule has 3 aromatic rings. The van der Waals surface area contributed by atoms with Gasteiger partial charge in [-0.05, 0) is 49.2 Å². The van der Waals surface area contributed by atoms with Gasteiger partial charge in [-0.1, -0.05) is 54.6 Å². The van der Waals surface area contributed by atoms with E-state index >= 15 is 0 Å². The van der Waals surface area contributed by atoms with E-state index in [9.17, 15) is 19.5 Å². The lowest BCUT2D eigenvalue weighted by molar-refractivity contribution is -0.127. The van der Waals surface area contributed by atoms with Crippen LogP contribution in [0, 0.1) is 0 Å². The number of hydrogen-bond donors (Lipinski definition) is 2. The van der Waals surface area contributed by atoms with Crippen molar-refractivity contribution in [2.24, 2.45) is 0 Å². The Labute approximate surface area is 209 Å². The van der Waals surface area contributed by atoms with Gasteiger partial charge in [0.05, 0.1) is 46.2 Å². The number of rotatable bonds is 4. The Bertz CT molecular complexity index is 1390. The number of benzene rings is 3. The summed E-state index contributed by atoms with van der Waals surface area (Å²) in [6.45, 7) is 3.93. The van der Waals surface area contributed by atoms with Gasteiger partial charge in [-0.3, -0.25) is 14.5 Å². The van der Waals surface area contributed by atoms with E-state index in [4.69, 9.17) is 0 Å². The van der Waals surface area contributed by atoms with Crippen LogP contribution in [0.1, 0.15) is 41.4 Å². The lowest BCUT2D eigenvalue weighted by Gasteiger charge is -2.34. The third-order valence-electron chi connectivity index (χ3n) is 7.15. The van der Waals surface area contributed by atoms with E-state index in [1.54, 1.807) is 29.0 Å². The average molecular weight is 482 g/mol. The normalized spacial score (nSPS) is 18.3. The number of amides is 2. The fourth-order valence-corrected chi connectivity index (χ4v) is 4.96. The number of anilines is 2. The largest absolute Gasteiger partial charge is 0.478 e. The number of nitrogens with zero attached hydrogens (tertiary/aromatic N) is 2. The summed E-state index contributed by atoms with van der Waals surface area (Å²) in [5.41, 5.74) is 3.61. The molecule has 1 atom stereocenters. The molecule has 0 bridgehead atoms. The van der Waals surface area contributed by atoms with Crippen LogP contribution in [0.4, 0.5) is 11.4 Å². The summed E-state index contributed by atoms with van der Waals surface area (Å²) >= 11 is 0. The molecule has 0 spiro atoms. The first-order valence-electron chi connectivity index (χ1n) is 11.8. The van der Waals surface area contributed by atoms with Crippen LogP contribution in [-0.2, 0) is 16.0 Å². The molecule has 36 heavy (non-hydrogen) atoms. The highest BCUT2D eigenvalue weighted by Crippen LogP contribution is 2.48. The highest BCUT2D eigenvalue weighted by Gasteiger charge is 2.50. The van der Waals surface area contributed by atoms with Gasteiger partial charge in [0.25, 0.3) is 5.91 Å². The highest BCUT2D eigenvalue weighted by atomic mass is 16.4. The lowest BCUT2D eigenvalue weighted by Crippen LogP contribution is -2.43. The molecule has 2 amide bonds. The summed E-state index contributed by atoms with van der Waals surface area (Å²) in [5, 5.41) is 12.9. The number of hydrogen-bond acceptors (Lipinski definition) is 4. The molecule has 2 aliphatic rings. The molecule has 2 aliphatic heterocycles. The van der Waals surface area contributed by atoms with Gasteiger partial charge in [0.1, 0.15) is 0 Å². The predicted octanol–water partition coefficient (Wildman–Crippen LogP) is 4.63. The molecular weight excluding hydrogens is 454 g/mol. The first-order chi connectivity index (χ1) is 17.2. The number of carbonyl (C=O) groups excluding carboxylic acids is 2. The van der Waals surface area contributed by atoms with Gasteiger partial charge >= 0.3 is 5.97 Å². The van der Waals surface area contributed by atoms with Gasteiger partial charge in [0.2, 0.25) is 5.91 Å². The monoisotopic (exact) mass is 481 g/mol. The van der Waals surface area contributed by atoms with Gasteiger partial charge in [-0.2, -0.15) is 0 Å². The Morgan fingerprint density at radius 2 is 1.58 bits per heavy atom. The number of carbonyl (C=O) groups is 3. The zero-order chi connectivity index (χ0) is 25.6. The van der Waals surface area contributed by atoms with Crippen molar-refractivity contribution in [2.75, 3.05) is 17.3 Å². The van der Waals surface area contributed by atoms with Crippen molar-refractivity contribution in [2.45, 2.75) is 31.8 Å². The smallest absolute Gasteiger partial charge is 0.335 e. The van der Waals surface area contributed by atoms with E-state index < -0.39 is 17.6 Å².